The molecule has 5 nitrogen and oxygen atoms in total. The number of aryl methyl sites for hydroxylation is 1. The molecule has 5 heteroatoms. The number of carbonyl (C=O) groups excluding carboxylic acids is 2. The zero-order chi connectivity index (χ0) is 12.9. The molecule has 1 aromatic carbocycles. The summed E-state index contributed by atoms with van der Waals surface area (Å²) in [5.74, 6) is 0.312. The molecule has 2 aliphatic rings. The Morgan fingerprint density at radius 1 is 1.50 bits per heavy atom. The third kappa shape index (κ3) is 1.54. The van der Waals surface area contributed by atoms with Crippen LogP contribution < -0.4 is 15.8 Å². The summed E-state index contributed by atoms with van der Waals surface area (Å²) in [5, 5.41) is 2.87. The molecule has 1 atom stereocenters. The molecule has 0 radical (unpaired) electrons. The maximum atomic E-state index is 11.4. The van der Waals surface area contributed by atoms with Gasteiger partial charge >= 0.3 is 0 Å². The highest BCUT2D eigenvalue weighted by Crippen LogP contribution is 2.41. The number of nitrogens with one attached hydrogen (secondary N) is 1. The van der Waals surface area contributed by atoms with E-state index in [0.717, 1.165) is 28.1 Å². The number of nitrogens with two attached hydrogens (primary N) is 1. The van der Waals surface area contributed by atoms with E-state index in [9.17, 15) is 9.59 Å². The number of primary amides is 1. The van der Waals surface area contributed by atoms with E-state index < -0.39 is 12.0 Å². The van der Waals surface area contributed by atoms with E-state index in [0.29, 0.717) is 19.3 Å². The molecule has 1 unspecified atom stereocenters. The molecular weight excluding hydrogens is 232 g/mol. The average Bonchev–Trinajstić information content (AvgIpc) is 2.73. The van der Waals surface area contributed by atoms with E-state index in [1.807, 2.05) is 13.0 Å². The minimum Gasteiger partial charge on any atom is -0.480 e. The van der Waals surface area contributed by atoms with Crippen molar-refractivity contribution in [1.29, 1.82) is 0 Å². The lowest BCUT2D eigenvalue weighted by Crippen LogP contribution is -2.32. The van der Waals surface area contributed by atoms with E-state index >= 15 is 0 Å². The van der Waals surface area contributed by atoms with Crippen LogP contribution in [-0.4, -0.2) is 17.9 Å². The quantitative estimate of drug-likeness (QED) is 0.764. The van der Waals surface area contributed by atoms with Crippen LogP contribution in [0.15, 0.2) is 6.07 Å². The van der Waals surface area contributed by atoms with Crippen LogP contribution in [0, 0.1) is 6.92 Å². The molecule has 2 aliphatic heterocycles. The van der Waals surface area contributed by atoms with Gasteiger partial charge in [-0.15, -0.1) is 0 Å². The number of benzene rings is 1. The summed E-state index contributed by atoms with van der Waals surface area (Å²) in [6, 6.07) is 1.96. The van der Waals surface area contributed by atoms with Gasteiger partial charge in [-0.3, -0.25) is 9.59 Å². The van der Waals surface area contributed by atoms with Crippen molar-refractivity contribution >= 4 is 17.5 Å². The van der Waals surface area contributed by atoms with Crippen molar-refractivity contribution in [1.82, 2.24) is 0 Å². The van der Waals surface area contributed by atoms with Crippen LogP contribution in [0.3, 0.4) is 0 Å². The summed E-state index contributed by atoms with van der Waals surface area (Å²) in [6.45, 7) is 1.95. The second kappa shape index (κ2) is 3.73. The molecule has 0 fully saturated rings. The molecule has 0 saturated heterocycles. The average molecular weight is 246 g/mol. The van der Waals surface area contributed by atoms with Crippen molar-refractivity contribution in [2.75, 3.05) is 5.32 Å². The number of hydrogen-bond donors (Lipinski definition) is 2. The molecule has 2 amide bonds. The molecule has 0 spiro atoms. The van der Waals surface area contributed by atoms with Gasteiger partial charge in [0, 0.05) is 18.4 Å². The Balaban J connectivity index is 2.08. The molecule has 1 aromatic rings. The summed E-state index contributed by atoms with van der Waals surface area (Å²) in [6.07, 6.45) is 1.04. The van der Waals surface area contributed by atoms with Crippen LogP contribution >= 0.6 is 0 Å². The first-order chi connectivity index (χ1) is 8.56. The summed E-state index contributed by atoms with van der Waals surface area (Å²) >= 11 is 0. The van der Waals surface area contributed by atoms with Crippen LogP contribution in [-0.2, 0) is 22.4 Å². The smallest absolute Gasteiger partial charge is 0.258 e. The second-order valence-corrected chi connectivity index (χ2v) is 4.80. The number of carbonyl (C=O) groups is 2. The Kier molecular flexibility index (Phi) is 2.29. The maximum absolute atomic E-state index is 11.4. The van der Waals surface area contributed by atoms with Crippen LogP contribution in [0.25, 0.3) is 0 Å². The van der Waals surface area contributed by atoms with Crippen molar-refractivity contribution in [2.24, 2.45) is 5.73 Å². The zero-order valence-corrected chi connectivity index (χ0v) is 10.1. The molecule has 3 rings (SSSR count). The Labute approximate surface area is 104 Å². The van der Waals surface area contributed by atoms with Gasteiger partial charge in [0.1, 0.15) is 5.75 Å². The Bertz CT molecular complexity index is 566. The zero-order valence-electron chi connectivity index (χ0n) is 10.1. The third-order valence-electron chi connectivity index (χ3n) is 3.50. The van der Waals surface area contributed by atoms with E-state index in [-0.39, 0.29) is 5.91 Å². The fourth-order valence-corrected chi connectivity index (χ4v) is 2.64. The van der Waals surface area contributed by atoms with Crippen molar-refractivity contribution in [3.05, 3.63) is 22.8 Å². The first-order valence-electron chi connectivity index (χ1n) is 5.97. The first-order valence-corrected chi connectivity index (χ1v) is 5.97. The molecule has 3 N–H and O–H groups in total. The Morgan fingerprint density at radius 2 is 2.28 bits per heavy atom. The minimum absolute atomic E-state index is 0.0231. The Morgan fingerprint density at radius 3 is 3.00 bits per heavy atom. The van der Waals surface area contributed by atoms with Crippen LogP contribution in [0.4, 0.5) is 5.69 Å². The molecule has 0 bridgehead atoms. The van der Waals surface area contributed by atoms with Crippen molar-refractivity contribution in [2.45, 2.75) is 32.3 Å². The number of rotatable bonds is 1. The van der Waals surface area contributed by atoms with Gasteiger partial charge in [-0.1, -0.05) is 6.07 Å². The third-order valence-corrected chi connectivity index (χ3v) is 3.50. The monoisotopic (exact) mass is 246 g/mol. The fraction of sp³-hybridized carbons (Fsp3) is 0.385. The van der Waals surface area contributed by atoms with Crippen molar-refractivity contribution in [3.8, 4) is 5.75 Å². The van der Waals surface area contributed by atoms with Gasteiger partial charge in [0.15, 0.2) is 6.10 Å². The van der Waals surface area contributed by atoms with Gasteiger partial charge < -0.3 is 15.8 Å². The highest BCUT2D eigenvalue weighted by atomic mass is 16.5. The molecule has 0 aliphatic carbocycles. The number of fused-ring (bicyclic) bond motifs is 3. The van der Waals surface area contributed by atoms with E-state index in [1.54, 1.807) is 0 Å². The highest BCUT2D eigenvalue weighted by molar-refractivity contribution is 5.96. The number of ether oxygens (including phenoxy) is 1. The van der Waals surface area contributed by atoms with Crippen LogP contribution in [0.2, 0.25) is 0 Å². The van der Waals surface area contributed by atoms with Gasteiger partial charge in [-0.05, 0) is 24.5 Å². The van der Waals surface area contributed by atoms with Gasteiger partial charge in [-0.25, -0.2) is 0 Å². The molecule has 2 heterocycles. The largest absolute Gasteiger partial charge is 0.480 e. The minimum atomic E-state index is -0.580. The second-order valence-electron chi connectivity index (χ2n) is 4.80. The standard InChI is InChI=1S/C13H14N2O3/c1-6-4-7-5-9(13(14)17)18-12(7)8-2-3-10(16)15-11(6)8/h4,9H,2-3,5H2,1H3,(H2,14,17)(H,15,16). The van der Waals surface area contributed by atoms with E-state index in [1.165, 1.54) is 0 Å². The molecular formula is C13H14N2O3. The van der Waals surface area contributed by atoms with Gasteiger partial charge in [0.2, 0.25) is 5.91 Å². The summed E-state index contributed by atoms with van der Waals surface area (Å²) in [7, 11) is 0. The number of amides is 2. The highest BCUT2D eigenvalue weighted by Gasteiger charge is 2.32. The molecule has 18 heavy (non-hydrogen) atoms. The van der Waals surface area contributed by atoms with E-state index in [4.69, 9.17) is 10.5 Å². The van der Waals surface area contributed by atoms with Gasteiger partial charge in [0.05, 0.1) is 5.69 Å². The molecule has 0 aromatic heterocycles. The topological polar surface area (TPSA) is 81.4 Å². The first kappa shape index (κ1) is 11.1. The fourth-order valence-electron chi connectivity index (χ4n) is 2.64. The van der Waals surface area contributed by atoms with E-state index in [2.05, 4.69) is 5.32 Å². The molecule has 94 valence electrons. The normalized spacial score (nSPS) is 20.7. The predicted molar refractivity (Wildman–Crippen MR) is 65.4 cm³/mol. The summed E-state index contributed by atoms with van der Waals surface area (Å²) < 4.78 is 5.63. The maximum Gasteiger partial charge on any atom is 0.258 e. The lowest BCUT2D eigenvalue weighted by Gasteiger charge is -2.21. The van der Waals surface area contributed by atoms with Gasteiger partial charge in [-0.2, -0.15) is 0 Å². The number of anilines is 1. The predicted octanol–water partition coefficient (Wildman–Crippen LogP) is 0.669. The van der Waals surface area contributed by atoms with Crippen molar-refractivity contribution < 1.29 is 14.3 Å². The number of hydrogen-bond acceptors (Lipinski definition) is 3. The summed E-state index contributed by atoms with van der Waals surface area (Å²) in [4.78, 5) is 22.6. The molecule has 0 saturated carbocycles. The summed E-state index contributed by atoms with van der Waals surface area (Å²) in [5.41, 5.74) is 9.11. The SMILES string of the molecule is Cc1cc2c(c3c1NC(=O)CC3)OC(C(N)=O)C2. The van der Waals surface area contributed by atoms with Gasteiger partial charge in [0.25, 0.3) is 5.91 Å². The lowest BCUT2D eigenvalue weighted by atomic mass is 9.94. The van der Waals surface area contributed by atoms with Crippen molar-refractivity contribution in [3.63, 3.8) is 0 Å². The Hall–Kier alpha value is -2.04. The van der Waals surface area contributed by atoms with Crippen LogP contribution in [0.5, 0.6) is 5.75 Å². The lowest BCUT2D eigenvalue weighted by molar-refractivity contribution is -0.124. The van der Waals surface area contributed by atoms with Crippen LogP contribution in [0.1, 0.15) is 23.1 Å².